The number of amides is 1. The van der Waals surface area contributed by atoms with E-state index in [1.165, 1.54) is 36.9 Å². The van der Waals surface area contributed by atoms with Gasteiger partial charge in [0, 0.05) is 44.8 Å². The highest BCUT2D eigenvalue weighted by molar-refractivity contribution is 5.76. The van der Waals surface area contributed by atoms with Crippen LogP contribution < -0.4 is 10.2 Å². The van der Waals surface area contributed by atoms with Crippen LogP contribution in [0.5, 0.6) is 0 Å². The number of piperidine rings is 1. The third kappa shape index (κ3) is 4.50. The molecule has 2 aliphatic heterocycles. The highest BCUT2D eigenvalue weighted by atomic mass is 16.2. The molecule has 3 rings (SSSR count). The van der Waals surface area contributed by atoms with E-state index >= 15 is 0 Å². The molecule has 0 unspecified atom stereocenters. The normalized spacial score (nSPS) is 19.0. The van der Waals surface area contributed by atoms with Gasteiger partial charge < -0.3 is 15.1 Å². The molecule has 4 heteroatoms. The van der Waals surface area contributed by atoms with Crippen molar-refractivity contribution in [1.29, 1.82) is 0 Å². The molecule has 0 atom stereocenters. The van der Waals surface area contributed by atoms with Gasteiger partial charge in [0.05, 0.1) is 0 Å². The number of likely N-dealkylation sites (tertiary alicyclic amines) is 1. The van der Waals surface area contributed by atoms with Gasteiger partial charge in [-0.05, 0) is 62.8 Å². The quantitative estimate of drug-likeness (QED) is 0.871. The zero-order valence-electron chi connectivity index (χ0n) is 15.0. The molecule has 1 N–H and O–H groups in total. The molecule has 0 spiro atoms. The van der Waals surface area contributed by atoms with Gasteiger partial charge in [0.25, 0.3) is 0 Å². The van der Waals surface area contributed by atoms with E-state index in [0.717, 1.165) is 51.5 Å². The van der Waals surface area contributed by atoms with E-state index in [0.29, 0.717) is 5.91 Å². The molecular formula is C20H31N3O. The number of rotatable bonds is 6. The van der Waals surface area contributed by atoms with Crippen molar-refractivity contribution in [3.63, 3.8) is 0 Å². The van der Waals surface area contributed by atoms with E-state index in [9.17, 15) is 4.79 Å². The Morgan fingerprint density at radius 3 is 2.38 bits per heavy atom. The van der Waals surface area contributed by atoms with Gasteiger partial charge in [-0.25, -0.2) is 0 Å². The van der Waals surface area contributed by atoms with Gasteiger partial charge in [0.15, 0.2) is 0 Å². The fraction of sp³-hybridized carbons (Fsp3) is 0.650. The largest absolute Gasteiger partial charge is 0.372 e. The summed E-state index contributed by atoms with van der Waals surface area (Å²) in [6, 6.07) is 8.91. The lowest BCUT2D eigenvalue weighted by Crippen LogP contribution is -2.34. The molecule has 0 radical (unpaired) electrons. The van der Waals surface area contributed by atoms with Gasteiger partial charge in [-0.2, -0.15) is 0 Å². The molecule has 0 bridgehead atoms. The Hall–Kier alpha value is -1.55. The van der Waals surface area contributed by atoms with Gasteiger partial charge >= 0.3 is 0 Å². The summed E-state index contributed by atoms with van der Waals surface area (Å²) >= 11 is 0. The van der Waals surface area contributed by atoms with Crippen molar-refractivity contribution in [3.05, 3.63) is 29.8 Å². The first kappa shape index (κ1) is 17.3. The van der Waals surface area contributed by atoms with Crippen molar-refractivity contribution in [2.45, 2.75) is 45.1 Å². The predicted molar refractivity (Wildman–Crippen MR) is 99.2 cm³/mol. The number of hydrogen-bond donors (Lipinski definition) is 1. The van der Waals surface area contributed by atoms with Crippen LogP contribution in [-0.2, 0) is 11.3 Å². The van der Waals surface area contributed by atoms with E-state index in [1.807, 2.05) is 7.05 Å². The third-order valence-electron chi connectivity index (χ3n) is 5.52. The molecule has 1 aromatic carbocycles. The molecule has 1 aromatic rings. The Morgan fingerprint density at radius 1 is 1.08 bits per heavy atom. The van der Waals surface area contributed by atoms with Crippen molar-refractivity contribution < 1.29 is 4.79 Å². The summed E-state index contributed by atoms with van der Waals surface area (Å²) in [7, 11) is 1.98. The van der Waals surface area contributed by atoms with Gasteiger partial charge in [-0.15, -0.1) is 0 Å². The van der Waals surface area contributed by atoms with Crippen LogP contribution in [0.1, 0.15) is 44.1 Å². The van der Waals surface area contributed by atoms with Crippen molar-refractivity contribution >= 4 is 11.6 Å². The summed E-state index contributed by atoms with van der Waals surface area (Å²) in [6.07, 6.45) is 6.64. The van der Waals surface area contributed by atoms with Gasteiger partial charge in [0.2, 0.25) is 5.91 Å². The lowest BCUT2D eigenvalue weighted by Gasteiger charge is -2.34. The van der Waals surface area contributed by atoms with E-state index in [-0.39, 0.29) is 0 Å². The first-order valence-corrected chi connectivity index (χ1v) is 9.52. The van der Waals surface area contributed by atoms with Crippen LogP contribution >= 0.6 is 0 Å². The minimum Gasteiger partial charge on any atom is -0.372 e. The van der Waals surface area contributed by atoms with Crippen molar-refractivity contribution in [2.75, 3.05) is 38.1 Å². The van der Waals surface area contributed by atoms with Crippen molar-refractivity contribution in [1.82, 2.24) is 10.2 Å². The molecule has 2 saturated heterocycles. The Labute approximate surface area is 146 Å². The van der Waals surface area contributed by atoms with E-state index in [4.69, 9.17) is 0 Å². The minimum absolute atomic E-state index is 0.384. The number of carbonyl (C=O) groups is 1. The van der Waals surface area contributed by atoms with Crippen LogP contribution in [0.25, 0.3) is 0 Å². The number of nitrogens with zero attached hydrogens (tertiary/aromatic N) is 2. The number of hydrogen-bond acceptors (Lipinski definition) is 3. The molecule has 0 aliphatic carbocycles. The third-order valence-corrected chi connectivity index (χ3v) is 5.52. The second-order valence-electron chi connectivity index (χ2n) is 7.25. The first-order valence-electron chi connectivity index (χ1n) is 9.52. The molecule has 0 aromatic heterocycles. The fourth-order valence-corrected chi connectivity index (χ4v) is 3.96. The average Bonchev–Trinajstić information content (AvgIpc) is 3.16. The Balaban J connectivity index is 1.41. The highest BCUT2D eigenvalue weighted by Crippen LogP contribution is 2.26. The van der Waals surface area contributed by atoms with Gasteiger partial charge in [0.1, 0.15) is 0 Å². The minimum atomic E-state index is 0.384. The fourth-order valence-electron chi connectivity index (χ4n) is 3.96. The molecule has 0 saturated carbocycles. The van der Waals surface area contributed by atoms with Crippen LogP contribution in [0.4, 0.5) is 5.69 Å². The Kier molecular flexibility index (Phi) is 6.13. The lowest BCUT2D eigenvalue weighted by atomic mass is 9.91. The molecule has 2 fully saturated rings. The predicted octanol–water partition coefficient (Wildman–Crippen LogP) is 3.03. The summed E-state index contributed by atoms with van der Waals surface area (Å²) in [4.78, 5) is 16.7. The van der Waals surface area contributed by atoms with Crippen LogP contribution in [0.2, 0.25) is 0 Å². The summed E-state index contributed by atoms with van der Waals surface area (Å²) in [6.45, 7) is 5.14. The van der Waals surface area contributed by atoms with E-state index in [1.54, 1.807) is 0 Å². The molecular weight excluding hydrogens is 298 g/mol. The molecule has 24 heavy (non-hydrogen) atoms. The van der Waals surface area contributed by atoms with E-state index < -0.39 is 0 Å². The van der Waals surface area contributed by atoms with Crippen LogP contribution in [0.3, 0.4) is 0 Å². The number of carbonyl (C=O) groups excluding carboxylic acids is 1. The molecule has 2 heterocycles. The van der Waals surface area contributed by atoms with Crippen LogP contribution in [-0.4, -0.2) is 44.0 Å². The molecule has 1 amide bonds. The van der Waals surface area contributed by atoms with Crippen molar-refractivity contribution in [3.8, 4) is 0 Å². The van der Waals surface area contributed by atoms with Crippen LogP contribution in [0, 0.1) is 5.92 Å². The monoisotopic (exact) mass is 329 g/mol. The average molecular weight is 329 g/mol. The zero-order valence-corrected chi connectivity index (χ0v) is 15.0. The molecule has 132 valence electrons. The maximum Gasteiger partial charge on any atom is 0.222 e. The van der Waals surface area contributed by atoms with E-state index in [2.05, 4.69) is 39.4 Å². The Morgan fingerprint density at radius 2 is 1.75 bits per heavy atom. The van der Waals surface area contributed by atoms with Gasteiger partial charge in [-0.3, -0.25) is 4.79 Å². The molecule has 4 nitrogen and oxygen atoms in total. The SMILES string of the molecule is CNCc1ccc(N2CCC(CCC(=O)N3CCCC3)CC2)cc1. The summed E-state index contributed by atoms with van der Waals surface area (Å²) < 4.78 is 0. The maximum atomic E-state index is 12.2. The zero-order chi connectivity index (χ0) is 16.8. The number of nitrogens with one attached hydrogen (secondary N) is 1. The topological polar surface area (TPSA) is 35.6 Å². The standard InChI is InChI=1S/C20H31N3O/c1-21-16-18-4-7-19(8-5-18)22-14-10-17(11-15-22)6-9-20(24)23-12-2-3-13-23/h4-5,7-8,17,21H,2-3,6,9-16H2,1H3. The smallest absolute Gasteiger partial charge is 0.222 e. The highest BCUT2D eigenvalue weighted by Gasteiger charge is 2.22. The summed E-state index contributed by atoms with van der Waals surface area (Å²) in [5, 5.41) is 3.19. The second-order valence-corrected chi connectivity index (χ2v) is 7.25. The Bertz CT molecular complexity index is 514. The summed E-state index contributed by atoms with van der Waals surface area (Å²) in [5.41, 5.74) is 2.66. The lowest BCUT2D eigenvalue weighted by molar-refractivity contribution is -0.130. The maximum absolute atomic E-state index is 12.2. The van der Waals surface area contributed by atoms with Crippen LogP contribution in [0.15, 0.2) is 24.3 Å². The first-order chi connectivity index (χ1) is 11.8. The van der Waals surface area contributed by atoms with Crippen molar-refractivity contribution in [2.24, 2.45) is 5.92 Å². The second kappa shape index (κ2) is 8.52. The number of benzene rings is 1. The number of anilines is 1. The molecule has 2 aliphatic rings. The summed E-state index contributed by atoms with van der Waals surface area (Å²) in [5.74, 6) is 1.10. The van der Waals surface area contributed by atoms with Gasteiger partial charge in [-0.1, -0.05) is 12.1 Å².